The summed E-state index contributed by atoms with van der Waals surface area (Å²) >= 11 is 0. The van der Waals surface area contributed by atoms with Gasteiger partial charge in [0, 0.05) is 25.5 Å². The Morgan fingerprint density at radius 2 is 2.05 bits per heavy atom. The van der Waals surface area contributed by atoms with Gasteiger partial charge in [-0.3, -0.25) is 4.79 Å². The average Bonchev–Trinajstić information content (AvgIpc) is 3.02. The summed E-state index contributed by atoms with van der Waals surface area (Å²) in [5.41, 5.74) is 2.16. The molecule has 21 heavy (non-hydrogen) atoms. The molecule has 0 radical (unpaired) electrons. The van der Waals surface area contributed by atoms with Gasteiger partial charge >= 0.3 is 0 Å². The molecule has 0 atom stereocenters. The fraction of sp³-hybridized carbons (Fsp3) is 0.214. The summed E-state index contributed by atoms with van der Waals surface area (Å²) in [7, 11) is -1.91. The van der Waals surface area contributed by atoms with Crippen LogP contribution in [-0.2, 0) is 23.5 Å². The highest BCUT2D eigenvalue weighted by molar-refractivity contribution is 7.89. The molecule has 0 saturated heterocycles. The van der Waals surface area contributed by atoms with Crippen molar-refractivity contribution in [3.63, 3.8) is 0 Å². The second-order valence-corrected chi connectivity index (χ2v) is 6.61. The molecule has 3 rings (SSSR count). The Bertz CT molecular complexity index is 824. The first kappa shape index (κ1) is 13.8. The first-order valence-corrected chi connectivity index (χ1v) is 8.01. The lowest BCUT2D eigenvalue weighted by Gasteiger charge is -2.17. The number of nitrogens with two attached hydrogens (primary N) is 1. The number of carbonyl (C=O) groups is 1. The molecule has 0 saturated carbocycles. The van der Waals surface area contributed by atoms with Crippen LogP contribution < -0.4 is 10.0 Å². The molecule has 1 aromatic heterocycles. The van der Waals surface area contributed by atoms with Crippen molar-refractivity contribution in [2.75, 3.05) is 11.4 Å². The van der Waals surface area contributed by atoms with Crippen LogP contribution in [0.4, 0.5) is 5.69 Å². The van der Waals surface area contributed by atoms with Gasteiger partial charge in [0.1, 0.15) is 5.69 Å². The lowest BCUT2D eigenvalue weighted by atomic mass is 10.2. The Hall–Kier alpha value is -2.12. The summed E-state index contributed by atoms with van der Waals surface area (Å²) in [4.78, 5) is 14.3. The van der Waals surface area contributed by atoms with Crippen LogP contribution in [0.1, 0.15) is 16.1 Å². The second-order valence-electron chi connectivity index (χ2n) is 5.05. The number of fused-ring (bicyclic) bond motifs is 1. The number of aryl methyl sites for hydroxylation is 1. The summed E-state index contributed by atoms with van der Waals surface area (Å²) in [6.45, 7) is 0.535. The Morgan fingerprint density at radius 3 is 2.67 bits per heavy atom. The first-order chi connectivity index (χ1) is 9.88. The number of carbonyl (C=O) groups excluding carboxylic acids is 1. The smallest absolute Gasteiger partial charge is 0.274 e. The minimum atomic E-state index is -3.72. The van der Waals surface area contributed by atoms with Crippen molar-refractivity contribution in [2.45, 2.75) is 11.3 Å². The predicted octanol–water partition coefficient (Wildman–Crippen LogP) is 0.875. The zero-order valence-electron chi connectivity index (χ0n) is 11.5. The fourth-order valence-electron chi connectivity index (χ4n) is 2.59. The van der Waals surface area contributed by atoms with E-state index in [9.17, 15) is 13.2 Å². The molecule has 2 aromatic rings. The van der Waals surface area contributed by atoms with Crippen molar-refractivity contribution in [2.24, 2.45) is 12.2 Å². The SMILES string of the molecule is Cn1cccc1C(=O)N1CCc2cc(S(N)(=O)=O)ccc21. The monoisotopic (exact) mass is 305 g/mol. The van der Waals surface area contributed by atoms with Crippen LogP contribution in [-0.4, -0.2) is 25.4 Å². The van der Waals surface area contributed by atoms with Crippen LogP contribution in [0.25, 0.3) is 0 Å². The van der Waals surface area contributed by atoms with E-state index in [1.54, 1.807) is 27.7 Å². The maximum atomic E-state index is 12.5. The Morgan fingerprint density at radius 1 is 1.29 bits per heavy atom. The molecule has 110 valence electrons. The highest BCUT2D eigenvalue weighted by Crippen LogP contribution is 2.31. The molecule has 0 unspecified atom stereocenters. The lowest BCUT2D eigenvalue weighted by Crippen LogP contribution is -2.30. The van der Waals surface area contributed by atoms with Crippen molar-refractivity contribution in [1.29, 1.82) is 0 Å². The molecule has 0 fully saturated rings. The summed E-state index contributed by atoms with van der Waals surface area (Å²) in [5, 5.41) is 5.13. The van der Waals surface area contributed by atoms with Crippen molar-refractivity contribution in [3.05, 3.63) is 47.8 Å². The third-order valence-electron chi connectivity index (χ3n) is 3.68. The number of sulfonamides is 1. The van der Waals surface area contributed by atoms with Crippen molar-refractivity contribution in [3.8, 4) is 0 Å². The van der Waals surface area contributed by atoms with Gasteiger partial charge in [-0.15, -0.1) is 0 Å². The van der Waals surface area contributed by atoms with E-state index in [4.69, 9.17) is 5.14 Å². The highest BCUT2D eigenvalue weighted by atomic mass is 32.2. The number of primary sulfonamides is 1. The Balaban J connectivity index is 1.98. The quantitative estimate of drug-likeness (QED) is 0.893. The number of nitrogens with zero attached hydrogens (tertiary/aromatic N) is 2. The molecular formula is C14H15N3O3S. The van der Waals surface area contributed by atoms with Crippen molar-refractivity contribution in [1.82, 2.24) is 4.57 Å². The van der Waals surface area contributed by atoms with E-state index in [1.165, 1.54) is 6.07 Å². The van der Waals surface area contributed by atoms with E-state index in [0.717, 1.165) is 11.3 Å². The summed E-state index contributed by atoms with van der Waals surface area (Å²) in [5.74, 6) is -0.0930. The number of anilines is 1. The zero-order chi connectivity index (χ0) is 15.2. The lowest BCUT2D eigenvalue weighted by molar-refractivity contribution is 0.0981. The molecule has 1 aromatic carbocycles. The largest absolute Gasteiger partial charge is 0.347 e. The molecule has 1 aliphatic heterocycles. The molecule has 2 N–H and O–H groups in total. The van der Waals surface area contributed by atoms with Crippen LogP contribution >= 0.6 is 0 Å². The molecule has 0 spiro atoms. The van der Waals surface area contributed by atoms with E-state index in [2.05, 4.69) is 0 Å². The maximum Gasteiger partial charge on any atom is 0.274 e. The summed E-state index contributed by atoms with van der Waals surface area (Å²) in [6, 6.07) is 8.20. The van der Waals surface area contributed by atoms with Crippen LogP contribution in [0.2, 0.25) is 0 Å². The van der Waals surface area contributed by atoms with Gasteiger partial charge in [-0.2, -0.15) is 0 Å². The average molecular weight is 305 g/mol. The number of hydrogen-bond donors (Lipinski definition) is 1. The first-order valence-electron chi connectivity index (χ1n) is 6.47. The number of benzene rings is 1. The molecule has 7 heteroatoms. The maximum absolute atomic E-state index is 12.5. The minimum Gasteiger partial charge on any atom is -0.347 e. The molecule has 0 bridgehead atoms. The van der Waals surface area contributed by atoms with Crippen LogP contribution in [0.5, 0.6) is 0 Å². The highest BCUT2D eigenvalue weighted by Gasteiger charge is 2.27. The molecule has 1 amide bonds. The van der Waals surface area contributed by atoms with Gasteiger partial charge in [0.05, 0.1) is 4.90 Å². The second kappa shape index (κ2) is 4.71. The van der Waals surface area contributed by atoms with Crippen LogP contribution in [0.15, 0.2) is 41.4 Å². The van der Waals surface area contributed by atoms with E-state index in [0.29, 0.717) is 18.7 Å². The molecule has 6 nitrogen and oxygen atoms in total. The molecule has 1 aliphatic rings. The number of aromatic nitrogens is 1. The third-order valence-corrected chi connectivity index (χ3v) is 4.59. The molecule has 2 heterocycles. The molecular weight excluding hydrogens is 290 g/mol. The van der Waals surface area contributed by atoms with Crippen molar-refractivity contribution >= 4 is 21.6 Å². The van der Waals surface area contributed by atoms with Gasteiger partial charge < -0.3 is 9.47 Å². The summed E-state index contributed by atoms with van der Waals surface area (Å²) < 4.78 is 24.5. The Labute approximate surface area is 122 Å². The number of amides is 1. The van der Waals surface area contributed by atoms with Gasteiger partial charge in [0.25, 0.3) is 5.91 Å². The topological polar surface area (TPSA) is 85.4 Å². The van der Waals surface area contributed by atoms with E-state index < -0.39 is 10.0 Å². The van der Waals surface area contributed by atoms with Crippen LogP contribution in [0, 0.1) is 0 Å². The van der Waals surface area contributed by atoms with Gasteiger partial charge in [0.2, 0.25) is 10.0 Å². The normalized spacial score (nSPS) is 14.3. The van der Waals surface area contributed by atoms with E-state index in [-0.39, 0.29) is 10.8 Å². The third kappa shape index (κ3) is 2.34. The van der Waals surface area contributed by atoms with E-state index in [1.807, 2.05) is 19.3 Å². The summed E-state index contributed by atoms with van der Waals surface area (Å²) in [6.07, 6.45) is 2.43. The fourth-order valence-corrected chi connectivity index (χ4v) is 3.15. The van der Waals surface area contributed by atoms with Crippen LogP contribution in [0.3, 0.4) is 0 Å². The van der Waals surface area contributed by atoms with Gasteiger partial charge in [-0.1, -0.05) is 0 Å². The molecule has 0 aliphatic carbocycles. The zero-order valence-corrected chi connectivity index (χ0v) is 12.3. The van der Waals surface area contributed by atoms with Gasteiger partial charge in [0.15, 0.2) is 0 Å². The standard InChI is InChI=1S/C14H15N3O3S/c1-16-7-2-3-13(16)14(18)17-8-6-10-9-11(21(15,19)20)4-5-12(10)17/h2-5,7,9H,6,8H2,1H3,(H2,15,19,20). The van der Waals surface area contributed by atoms with Gasteiger partial charge in [-0.25, -0.2) is 13.6 Å². The van der Waals surface area contributed by atoms with Gasteiger partial charge in [-0.05, 0) is 42.3 Å². The number of hydrogen-bond acceptors (Lipinski definition) is 3. The minimum absolute atomic E-state index is 0.0782. The predicted molar refractivity (Wildman–Crippen MR) is 78.6 cm³/mol. The van der Waals surface area contributed by atoms with Crippen molar-refractivity contribution < 1.29 is 13.2 Å². The number of rotatable bonds is 2. The Kier molecular flexibility index (Phi) is 3.11. The van der Waals surface area contributed by atoms with E-state index >= 15 is 0 Å².